The number of aryl methyl sites for hydroxylation is 2. The van der Waals surface area contributed by atoms with Gasteiger partial charge in [0.2, 0.25) is 0 Å². The molecule has 5 heteroatoms. The first-order valence-electron chi connectivity index (χ1n) is 14.6. The summed E-state index contributed by atoms with van der Waals surface area (Å²) in [5, 5.41) is 15.0. The van der Waals surface area contributed by atoms with Crippen LogP contribution in [0.25, 0.3) is 49.9 Å². The number of aromatic nitrogens is 3. The zero-order valence-electron chi connectivity index (χ0n) is 25.2. The van der Waals surface area contributed by atoms with Crippen molar-refractivity contribution < 1.29 is 25.2 Å². The fourth-order valence-electron chi connectivity index (χ4n) is 5.75. The minimum Gasteiger partial charge on any atom is -0.507 e. The van der Waals surface area contributed by atoms with Crippen LogP contribution >= 0.6 is 0 Å². The third-order valence-corrected chi connectivity index (χ3v) is 7.65. The molecule has 0 aliphatic carbocycles. The van der Waals surface area contributed by atoms with Crippen LogP contribution in [-0.2, 0) is 20.1 Å². The summed E-state index contributed by atoms with van der Waals surface area (Å²) < 4.78 is 1.95. The van der Waals surface area contributed by atoms with Gasteiger partial charge in [0.1, 0.15) is 11.6 Å². The molecule has 0 spiro atoms. The normalized spacial score (nSPS) is 10.8. The van der Waals surface area contributed by atoms with Crippen LogP contribution in [0.5, 0.6) is 5.75 Å². The Labute approximate surface area is 272 Å². The number of fused-ring (bicyclic) bond motifs is 3. The number of phenols is 1. The van der Waals surface area contributed by atoms with Gasteiger partial charge in [0.05, 0.1) is 5.56 Å². The van der Waals surface area contributed by atoms with Crippen LogP contribution in [0.1, 0.15) is 36.5 Å². The van der Waals surface area contributed by atoms with E-state index in [4.69, 9.17) is 4.98 Å². The Hall–Kier alpha value is -4.57. The summed E-state index contributed by atoms with van der Waals surface area (Å²) >= 11 is 0. The maximum absolute atomic E-state index is 9.90. The zero-order chi connectivity index (χ0) is 29.9. The molecule has 0 unspecified atom stereocenters. The van der Waals surface area contributed by atoms with E-state index < -0.39 is 0 Å². The van der Waals surface area contributed by atoms with Crippen molar-refractivity contribution in [3.8, 4) is 34.1 Å². The fourth-order valence-corrected chi connectivity index (χ4v) is 5.75. The molecular formula is C39H34IrN3O-. The molecule has 0 aliphatic heterocycles. The van der Waals surface area contributed by atoms with Gasteiger partial charge >= 0.3 is 0 Å². The van der Waals surface area contributed by atoms with Gasteiger partial charge in [-0.25, -0.2) is 4.98 Å². The molecule has 7 rings (SSSR count). The second-order valence-electron chi connectivity index (χ2n) is 11.2. The Morgan fingerprint density at radius 1 is 0.750 bits per heavy atom. The first-order chi connectivity index (χ1) is 20.9. The Morgan fingerprint density at radius 3 is 2.18 bits per heavy atom. The number of hydrogen-bond donors (Lipinski definition) is 1. The Kier molecular flexibility index (Phi) is 9.39. The van der Waals surface area contributed by atoms with Crippen LogP contribution in [0.15, 0.2) is 122 Å². The molecule has 44 heavy (non-hydrogen) atoms. The van der Waals surface area contributed by atoms with E-state index in [-0.39, 0.29) is 25.9 Å². The number of rotatable bonds is 4. The van der Waals surface area contributed by atoms with E-state index in [2.05, 4.69) is 87.3 Å². The van der Waals surface area contributed by atoms with E-state index >= 15 is 0 Å². The van der Waals surface area contributed by atoms with Crippen molar-refractivity contribution in [1.82, 2.24) is 14.5 Å². The van der Waals surface area contributed by atoms with Gasteiger partial charge in [-0.3, -0.25) is 4.57 Å². The SMILES string of the molecule is Cc1[c-]c(-c2nccc3cc(C(C)C)c4ccccc4c23)cc(C)c1.Oc1ccccc1-c1nccn1-c1ccccc1.[Ir]. The summed E-state index contributed by atoms with van der Waals surface area (Å²) in [6.07, 6.45) is 5.54. The second kappa shape index (κ2) is 13.4. The average molecular weight is 753 g/mol. The molecule has 0 saturated carbocycles. The quantitative estimate of drug-likeness (QED) is 0.144. The summed E-state index contributed by atoms with van der Waals surface area (Å²) in [6, 6.07) is 38.1. The molecule has 0 fully saturated rings. The number of nitrogens with zero attached hydrogens (tertiary/aromatic N) is 3. The van der Waals surface area contributed by atoms with E-state index in [9.17, 15) is 5.11 Å². The molecule has 1 N–H and O–H groups in total. The van der Waals surface area contributed by atoms with Crippen LogP contribution in [0, 0.1) is 19.9 Å². The molecule has 0 atom stereocenters. The van der Waals surface area contributed by atoms with Crippen molar-refractivity contribution in [1.29, 1.82) is 0 Å². The summed E-state index contributed by atoms with van der Waals surface area (Å²) in [6.45, 7) is 8.74. The molecule has 7 aromatic rings. The van der Waals surface area contributed by atoms with E-state index in [1.165, 1.54) is 32.7 Å². The van der Waals surface area contributed by atoms with Gasteiger partial charge in [-0.1, -0.05) is 88.4 Å². The maximum Gasteiger partial charge on any atom is 0.148 e. The number of imidazole rings is 1. The van der Waals surface area contributed by atoms with Gasteiger partial charge in [0, 0.05) is 44.4 Å². The summed E-state index contributed by atoms with van der Waals surface area (Å²) in [4.78, 5) is 9.08. The molecule has 4 nitrogen and oxygen atoms in total. The fraction of sp³-hybridized carbons (Fsp3) is 0.128. The molecule has 0 aliphatic rings. The molecule has 0 bridgehead atoms. The number of benzene rings is 5. The largest absolute Gasteiger partial charge is 0.507 e. The van der Waals surface area contributed by atoms with Gasteiger partial charge in [0.15, 0.2) is 0 Å². The number of phenolic OH excluding ortho intramolecular Hbond substituents is 1. The minimum atomic E-state index is 0. The molecule has 0 amide bonds. The average Bonchev–Trinajstić information content (AvgIpc) is 3.51. The predicted octanol–water partition coefficient (Wildman–Crippen LogP) is 9.84. The molecule has 221 valence electrons. The van der Waals surface area contributed by atoms with Crippen LogP contribution in [0.2, 0.25) is 0 Å². The van der Waals surface area contributed by atoms with E-state index in [0.29, 0.717) is 5.92 Å². The molecule has 2 aromatic heterocycles. The van der Waals surface area contributed by atoms with Gasteiger partial charge < -0.3 is 10.1 Å². The van der Waals surface area contributed by atoms with Crippen molar-refractivity contribution in [2.45, 2.75) is 33.6 Å². The monoisotopic (exact) mass is 753 g/mol. The van der Waals surface area contributed by atoms with E-state index in [1.807, 2.05) is 59.4 Å². The number of pyridine rings is 1. The van der Waals surface area contributed by atoms with Crippen molar-refractivity contribution in [3.05, 3.63) is 144 Å². The summed E-state index contributed by atoms with van der Waals surface area (Å²) in [5.74, 6) is 1.46. The Balaban J connectivity index is 0.000000179. The van der Waals surface area contributed by atoms with E-state index in [0.717, 1.165) is 33.9 Å². The standard InChI is InChI=1S/C24H22N.C15H12N2O.Ir/c1-15(2)22-14-18-9-10-25-24(19-12-16(3)11-17(4)13-19)23(18)21-8-6-5-7-20(21)22;18-14-9-5-4-8-13(14)15-16-10-11-17(15)12-6-2-1-3-7-12;/h5-12,14-15H,1-4H3;1-11,18H;/q-1;;. The van der Waals surface area contributed by atoms with Gasteiger partial charge in [0.25, 0.3) is 0 Å². The van der Waals surface area contributed by atoms with Crippen molar-refractivity contribution in [2.24, 2.45) is 0 Å². The van der Waals surface area contributed by atoms with Gasteiger partial charge in [-0.05, 0) is 69.1 Å². The Morgan fingerprint density at radius 2 is 1.45 bits per heavy atom. The minimum absolute atomic E-state index is 0. The molecule has 5 aromatic carbocycles. The predicted molar refractivity (Wildman–Crippen MR) is 178 cm³/mol. The number of para-hydroxylation sites is 2. The van der Waals surface area contributed by atoms with Crippen molar-refractivity contribution in [3.63, 3.8) is 0 Å². The van der Waals surface area contributed by atoms with E-state index in [1.54, 1.807) is 18.3 Å². The van der Waals surface area contributed by atoms with Crippen molar-refractivity contribution in [2.75, 3.05) is 0 Å². The maximum atomic E-state index is 9.90. The summed E-state index contributed by atoms with van der Waals surface area (Å²) in [7, 11) is 0. The molecule has 1 radical (unpaired) electrons. The van der Waals surface area contributed by atoms with Crippen LogP contribution in [0.4, 0.5) is 0 Å². The van der Waals surface area contributed by atoms with Gasteiger partial charge in [-0.15, -0.1) is 34.9 Å². The molecule has 0 saturated heterocycles. The third kappa shape index (κ3) is 6.21. The molecule has 2 heterocycles. The Bertz CT molecular complexity index is 2030. The number of hydrogen-bond acceptors (Lipinski definition) is 3. The van der Waals surface area contributed by atoms with Gasteiger partial charge in [-0.2, -0.15) is 0 Å². The smallest absolute Gasteiger partial charge is 0.148 e. The first-order valence-corrected chi connectivity index (χ1v) is 14.6. The second-order valence-corrected chi connectivity index (χ2v) is 11.2. The number of aromatic hydroxyl groups is 1. The van der Waals surface area contributed by atoms with Crippen molar-refractivity contribution >= 4 is 21.5 Å². The topological polar surface area (TPSA) is 50.9 Å². The first kappa shape index (κ1) is 30.9. The van der Waals surface area contributed by atoms with Crippen LogP contribution in [-0.4, -0.2) is 19.6 Å². The molecular weight excluding hydrogens is 719 g/mol. The van der Waals surface area contributed by atoms with Crippen LogP contribution in [0.3, 0.4) is 0 Å². The summed E-state index contributed by atoms with van der Waals surface area (Å²) in [5.41, 5.74) is 7.63. The zero-order valence-corrected chi connectivity index (χ0v) is 27.6. The van der Waals surface area contributed by atoms with Crippen LogP contribution < -0.4 is 0 Å². The third-order valence-electron chi connectivity index (χ3n) is 7.65.